The van der Waals surface area contributed by atoms with Crippen LogP contribution in [0.5, 0.6) is 0 Å². The minimum Gasteiger partial charge on any atom is -0.0683 e. The highest BCUT2D eigenvalue weighted by Crippen LogP contribution is 2.41. The summed E-state index contributed by atoms with van der Waals surface area (Å²) in [5, 5.41) is 0. The van der Waals surface area contributed by atoms with Crippen molar-refractivity contribution in [3.05, 3.63) is 0 Å². The first kappa shape index (κ1) is 23.3. The van der Waals surface area contributed by atoms with Crippen molar-refractivity contribution in [1.29, 1.82) is 0 Å². The van der Waals surface area contributed by atoms with E-state index in [4.69, 9.17) is 0 Å². The molecule has 0 radical (unpaired) electrons. The topological polar surface area (TPSA) is 0 Å². The van der Waals surface area contributed by atoms with Crippen molar-refractivity contribution in [1.82, 2.24) is 0 Å². The van der Waals surface area contributed by atoms with Crippen LogP contribution in [-0.4, -0.2) is 0 Å². The van der Waals surface area contributed by atoms with E-state index in [0.717, 1.165) is 23.7 Å². The molecule has 0 saturated heterocycles. The third-order valence-corrected chi connectivity index (χ3v) is 5.22. The van der Waals surface area contributed by atoms with Gasteiger partial charge in [-0.2, -0.15) is 0 Å². The molecule has 0 spiro atoms. The Bertz CT molecular complexity index is 174. The Morgan fingerprint density at radius 3 is 1.71 bits per heavy atom. The van der Waals surface area contributed by atoms with Crippen LogP contribution in [0.2, 0.25) is 0 Å². The van der Waals surface area contributed by atoms with E-state index in [1.165, 1.54) is 57.8 Å². The first-order chi connectivity index (χ1) is 10.2. The summed E-state index contributed by atoms with van der Waals surface area (Å²) in [5.41, 5.74) is 0. The van der Waals surface area contributed by atoms with Gasteiger partial charge in [0.25, 0.3) is 0 Å². The molecular formula is C21H46. The Labute approximate surface area is 137 Å². The monoisotopic (exact) mass is 298 g/mol. The van der Waals surface area contributed by atoms with Gasteiger partial charge in [0.2, 0.25) is 0 Å². The summed E-state index contributed by atoms with van der Waals surface area (Å²) in [6, 6.07) is 0. The molecule has 1 rings (SSSR count). The van der Waals surface area contributed by atoms with E-state index in [-0.39, 0.29) is 0 Å². The van der Waals surface area contributed by atoms with Gasteiger partial charge in [0, 0.05) is 0 Å². The normalized spacial score (nSPS) is 19.4. The summed E-state index contributed by atoms with van der Waals surface area (Å²) in [6.45, 7) is 17.7. The third kappa shape index (κ3) is 8.89. The highest BCUT2D eigenvalue weighted by Gasteiger charge is 2.32. The van der Waals surface area contributed by atoms with Crippen LogP contribution in [0, 0.1) is 23.7 Å². The zero-order chi connectivity index (χ0) is 16.7. The first-order valence-corrected chi connectivity index (χ1v) is 10.2. The maximum atomic E-state index is 2.51. The molecule has 0 aliphatic heterocycles. The highest BCUT2D eigenvalue weighted by atomic mass is 14.4. The van der Waals surface area contributed by atoms with Crippen LogP contribution in [0.1, 0.15) is 113 Å². The van der Waals surface area contributed by atoms with Crippen LogP contribution in [0.15, 0.2) is 0 Å². The van der Waals surface area contributed by atoms with Crippen LogP contribution in [0.4, 0.5) is 0 Å². The van der Waals surface area contributed by atoms with Gasteiger partial charge >= 0.3 is 0 Å². The summed E-state index contributed by atoms with van der Waals surface area (Å²) < 4.78 is 0. The second-order valence-corrected chi connectivity index (χ2v) is 6.32. The van der Waals surface area contributed by atoms with Gasteiger partial charge in [-0.15, -0.1) is 0 Å². The Hall–Kier alpha value is 0. The number of hydrogen-bond donors (Lipinski definition) is 0. The Morgan fingerprint density at radius 1 is 0.810 bits per heavy atom. The van der Waals surface area contributed by atoms with E-state index >= 15 is 0 Å². The standard InChI is InChI=1S/C17H34.2C2H6/c1-5-11-15(7-3)17(14(4)6-2)16-12-9-8-10-13-16;2*1-2/h14-17H,5-13H2,1-4H3;2*1-2H3. The van der Waals surface area contributed by atoms with Gasteiger partial charge in [-0.1, -0.05) is 113 Å². The molecule has 3 unspecified atom stereocenters. The lowest BCUT2D eigenvalue weighted by atomic mass is 9.66. The lowest BCUT2D eigenvalue weighted by Gasteiger charge is -2.39. The minimum absolute atomic E-state index is 0.939. The second kappa shape index (κ2) is 16.4. The molecular weight excluding hydrogens is 252 g/mol. The van der Waals surface area contributed by atoms with Gasteiger partial charge in [-0.25, -0.2) is 0 Å². The van der Waals surface area contributed by atoms with Gasteiger partial charge in [0.15, 0.2) is 0 Å². The van der Waals surface area contributed by atoms with Crippen LogP contribution < -0.4 is 0 Å². The molecule has 0 nitrogen and oxygen atoms in total. The number of hydrogen-bond acceptors (Lipinski definition) is 0. The van der Waals surface area contributed by atoms with Gasteiger partial charge in [0.1, 0.15) is 0 Å². The zero-order valence-corrected chi connectivity index (χ0v) is 16.7. The lowest BCUT2D eigenvalue weighted by molar-refractivity contribution is 0.108. The molecule has 21 heavy (non-hydrogen) atoms. The fourth-order valence-electron chi connectivity index (χ4n) is 4.14. The fourth-order valence-corrected chi connectivity index (χ4v) is 4.14. The molecule has 0 heteroatoms. The van der Waals surface area contributed by atoms with E-state index in [2.05, 4.69) is 27.7 Å². The van der Waals surface area contributed by atoms with Crippen molar-refractivity contribution in [2.45, 2.75) is 113 Å². The highest BCUT2D eigenvalue weighted by molar-refractivity contribution is 4.82. The van der Waals surface area contributed by atoms with E-state index in [0.29, 0.717) is 0 Å². The molecule has 0 amide bonds. The predicted molar refractivity (Wildman–Crippen MR) is 101 cm³/mol. The maximum absolute atomic E-state index is 2.51. The van der Waals surface area contributed by atoms with Crippen molar-refractivity contribution in [3.8, 4) is 0 Å². The largest absolute Gasteiger partial charge is 0.0683 e. The van der Waals surface area contributed by atoms with Crippen LogP contribution >= 0.6 is 0 Å². The molecule has 1 aliphatic carbocycles. The molecule has 0 bridgehead atoms. The Morgan fingerprint density at radius 2 is 1.33 bits per heavy atom. The van der Waals surface area contributed by atoms with Crippen LogP contribution in [0.25, 0.3) is 0 Å². The van der Waals surface area contributed by atoms with E-state index in [1.54, 1.807) is 0 Å². The van der Waals surface area contributed by atoms with Crippen LogP contribution in [-0.2, 0) is 0 Å². The summed E-state index contributed by atoms with van der Waals surface area (Å²) in [7, 11) is 0. The molecule has 0 aromatic rings. The zero-order valence-electron chi connectivity index (χ0n) is 16.7. The van der Waals surface area contributed by atoms with Crippen molar-refractivity contribution >= 4 is 0 Å². The molecule has 130 valence electrons. The molecule has 1 saturated carbocycles. The predicted octanol–water partition coefficient (Wildman–Crippen LogP) is 8.11. The molecule has 0 heterocycles. The summed E-state index contributed by atoms with van der Waals surface area (Å²) in [6.07, 6.45) is 13.2. The van der Waals surface area contributed by atoms with E-state index in [1.807, 2.05) is 27.7 Å². The summed E-state index contributed by atoms with van der Waals surface area (Å²) >= 11 is 0. The molecule has 0 N–H and O–H groups in total. The second-order valence-electron chi connectivity index (χ2n) is 6.32. The van der Waals surface area contributed by atoms with E-state index in [9.17, 15) is 0 Å². The lowest BCUT2D eigenvalue weighted by Crippen LogP contribution is -2.30. The van der Waals surface area contributed by atoms with Gasteiger partial charge in [0.05, 0.1) is 0 Å². The average molecular weight is 299 g/mol. The van der Waals surface area contributed by atoms with Crippen molar-refractivity contribution in [2.24, 2.45) is 23.7 Å². The van der Waals surface area contributed by atoms with Gasteiger partial charge in [-0.3, -0.25) is 0 Å². The van der Waals surface area contributed by atoms with Crippen molar-refractivity contribution in [2.75, 3.05) is 0 Å². The van der Waals surface area contributed by atoms with Gasteiger partial charge < -0.3 is 0 Å². The quantitative estimate of drug-likeness (QED) is 0.445. The molecule has 0 aromatic carbocycles. The molecule has 0 aromatic heterocycles. The smallest absolute Gasteiger partial charge is 0.0332 e. The molecule has 3 atom stereocenters. The molecule has 1 fully saturated rings. The summed E-state index contributed by atoms with van der Waals surface area (Å²) in [5.74, 6) is 4.01. The fraction of sp³-hybridized carbons (Fsp3) is 1.00. The maximum Gasteiger partial charge on any atom is -0.0332 e. The van der Waals surface area contributed by atoms with Crippen molar-refractivity contribution in [3.63, 3.8) is 0 Å². The van der Waals surface area contributed by atoms with Crippen LogP contribution in [0.3, 0.4) is 0 Å². The Balaban J connectivity index is 0. The third-order valence-electron chi connectivity index (χ3n) is 5.22. The first-order valence-electron chi connectivity index (χ1n) is 10.2. The summed E-state index contributed by atoms with van der Waals surface area (Å²) in [4.78, 5) is 0. The minimum atomic E-state index is 0.939. The SMILES string of the molecule is CC.CC.CCCC(CC)C(C(C)CC)C1CCCCC1. The Kier molecular flexibility index (Phi) is 18.1. The van der Waals surface area contributed by atoms with Crippen molar-refractivity contribution < 1.29 is 0 Å². The average Bonchev–Trinajstić information content (AvgIpc) is 2.58. The number of rotatable bonds is 7. The van der Waals surface area contributed by atoms with Gasteiger partial charge in [-0.05, 0) is 23.7 Å². The molecule has 1 aliphatic rings. The van der Waals surface area contributed by atoms with E-state index < -0.39 is 0 Å².